The average molecular weight is 447 g/mol. The van der Waals surface area contributed by atoms with Gasteiger partial charge in [0, 0.05) is 42.7 Å². The van der Waals surface area contributed by atoms with Crippen LogP contribution in [0.5, 0.6) is 17.2 Å². The molecule has 0 saturated carbocycles. The minimum absolute atomic E-state index is 0.449. The van der Waals surface area contributed by atoms with Crippen LogP contribution in [0.2, 0.25) is 0 Å². The highest BCUT2D eigenvalue weighted by Gasteiger charge is 2.31. The van der Waals surface area contributed by atoms with Gasteiger partial charge >= 0.3 is 0 Å². The first-order chi connectivity index (χ1) is 15.1. The maximum Gasteiger partial charge on any atom is 0.191 e. The molecule has 1 fully saturated rings. The predicted molar refractivity (Wildman–Crippen MR) is 127 cm³/mol. The molecular formula is C23H34N4O3S. The largest absolute Gasteiger partial charge is 0.496 e. The molecule has 1 aliphatic heterocycles. The van der Waals surface area contributed by atoms with Crippen molar-refractivity contribution in [3.8, 4) is 17.2 Å². The van der Waals surface area contributed by atoms with Crippen molar-refractivity contribution in [3.63, 3.8) is 0 Å². The molecule has 8 heteroatoms. The van der Waals surface area contributed by atoms with E-state index in [1.165, 1.54) is 17.7 Å². The number of guanidine groups is 1. The molecule has 7 nitrogen and oxygen atoms in total. The topological polar surface area (TPSA) is 67.4 Å². The lowest BCUT2D eigenvalue weighted by molar-refractivity contribution is 0.125. The summed E-state index contributed by atoms with van der Waals surface area (Å²) in [7, 11) is 8.93. The molecule has 2 aromatic rings. The molecule has 2 heterocycles. The Labute approximate surface area is 189 Å². The Balaban J connectivity index is 1.63. The number of benzene rings is 1. The van der Waals surface area contributed by atoms with Crippen molar-refractivity contribution in [3.05, 3.63) is 40.1 Å². The van der Waals surface area contributed by atoms with E-state index in [9.17, 15) is 0 Å². The van der Waals surface area contributed by atoms with Crippen LogP contribution in [-0.4, -0.2) is 59.4 Å². The molecule has 1 aromatic carbocycles. The van der Waals surface area contributed by atoms with Crippen LogP contribution < -0.4 is 24.8 Å². The minimum atomic E-state index is 0.449. The van der Waals surface area contributed by atoms with Crippen LogP contribution >= 0.6 is 11.3 Å². The zero-order valence-electron chi connectivity index (χ0n) is 19.1. The molecule has 3 rings (SSSR count). The van der Waals surface area contributed by atoms with E-state index in [-0.39, 0.29) is 0 Å². The minimum Gasteiger partial charge on any atom is -0.496 e. The second-order valence-electron chi connectivity index (χ2n) is 7.67. The van der Waals surface area contributed by atoms with E-state index in [1.54, 1.807) is 28.4 Å². The Hall–Kier alpha value is -2.45. The van der Waals surface area contributed by atoms with Gasteiger partial charge in [-0.05, 0) is 49.9 Å². The van der Waals surface area contributed by atoms with Gasteiger partial charge in [0.05, 0.1) is 21.3 Å². The Morgan fingerprint density at radius 2 is 1.87 bits per heavy atom. The summed E-state index contributed by atoms with van der Waals surface area (Å²) < 4.78 is 16.3. The lowest BCUT2D eigenvalue weighted by Gasteiger charge is -2.39. The van der Waals surface area contributed by atoms with Gasteiger partial charge in [-0.1, -0.05) is 6.07 Å². The number of hydrogen-bond donors (Lipinski definition) is 2. The van der Waals surface area contributed by atoms with Crippen molar-refractivity contribution in [2.75, 3.05) is 48.5 Å². The van der Waals surface area contributed by atoms with Crippen molar-refractivity contribution in [2.45, 2.75) is 25.4 Å². The average Bonchev–Trinajstić information content (AvgIpc) is 3.33. The number of thiophene rings is 1. The molecule has 2 N–H and O–H groups in total. The molecule has 0 amide bonds. The highest BCUT2D eigenvalue weighted by Crippen LogP contribution is 2.37. The molecule has 0 aliphatic carbocycles. The maximum absolute atomic E-state index is 5.54. The van der Waals surface area contributed by atoms with E-state index in [0.29, 0.717) is 30.0 Å². The quantitative estimate of drug-likeness (QED) is 0.478. The number of nitrogens with one attached hydrogen (secondary N) is 2. The van der Waals surface area contributed by atoms with Crippen molar-refractivity contribution >= 4 is 17.3 Å². The molecule has 2 atom stereocenters. The van der Waals surface area contributed by atoms with Crippen LogP contribution in [0.25, 0.3) is 0 Å². The normalized spacial score (nSPS) is 19.7. The summed E-state index contributed by atoms with van der Waals surface area (Å²) in [5, 5.41) is 9.10. The Kier molecular flexibility index (Phi) is 8.43. The SMILES string of the molecule is CN=C(NCc1cc(OC)c(OC)cc1OC)NCC1CCCN(C)C1c1cccs1. The van der Waals surface area contributed by atoms with Crippen molar-refractivity contribution in [1.82, 2.24) is 15.5 Å². The first-order valence-corrected chi connectivity index (χ1v) is 11.5. The summed E-state index contributed by atoms with van der Waals surface area (Å²) in [6, 6.07) is 8.62. The molecule has 1 aromatic heterocycles. The number of methoxy groups -OCH3 is 3. The summed E-state index contributed by atoms with van der Waals surface area (Å²) in [5.74, 6) is 3.37. The Bertz CT molecular complexity index is 857. The third-order valence-corrected chi connectivity index (χ3v) is 6.77. The molecular weight excluding hydrogens is 412 g/mol. The van der Waals surface area contributed by atoms with E-state index in [2.05, 4.69) is 45.1 Å². The molecule has 1 saturated heterocycles. The highest BCUT2D eigenvalue weighted by molar-refractivity contribution is 7.10. The van der Waals surface area contributed by atoms with Crippen molar-refractivity contribution < 1.29 is 14.2 Å². The number of hydrogen-bond acceptors (Lipinski definition) is 6. The third-order valence-electron chi connectivity index (χ3n) is 5.83. The van der Waals surface area contributed by atoms with Gasteiger partial charge < -0.3 is 24.8 Å². The Morgan fingerprint density at radius 3 is 2.52 bits per heavy atom. The number of ether oxygens (including phenoxy) is 3. The van der Waals surface area contributed by atoms with Gasteiger partial charge in [-0.25, -0.2) is 0 Å². The van der Waals surface area contributed by atoms with Crippen LogP contribution in [-0.2, 0) is 6.54 Å². The number of rotatable bonds is 8. The van der Waals surface area contributed by atoms with E-state index in [4.69, 9.17) is 14.2 Å². The van der Waals surface area contributed by atoms with E-state index < -0.39 is 0 Å². The molecule has 170 valence electrons. The van der Waals surface area contributed by atoms with Crippen LogP contribution in [0.1, 0.15) is 29.3 Å². The molecule has 0 radical (unpaired) electrons. The predicted octanol–water partition coefficient (Wildman–Crippen LogP) is 3.52. The summed E-state index contributed by atoms with van der Waals surface area (Å²) >= 11 is 1.84. The third kappa shape index (κ3) is 5.62. The van der Waals surface area contributed by atoms with Gasteiger partial charge in [0.15, 0.2) is 17.5 Å². The number of piperidine rings is 1. The summed E-state index contributed by atoms with van der Waals surface area (Å²) in [4.78, 5) is 8.33. The second kappa shape index (κ2) is 11.2. The molecule has 0 bridgehead atoms. The highest BCUT2D eigenvalue weighted by atomic mass is 32.1. The second-order valence-corrected chi connectivity index (χ2v) is 8.65. The van der Waals surface area contributed by atoms with Gasteiger partial charge in [-0.15, -0.1) is 11.3 Å². The maximum atomic E-state index is 5.54. The summed E-state index contributed by atoms with van der Waals surface area (Å²) in [6.45, 7) is 2.57. The van der Waals surface area contributed by atoms with E-state index in [0.717, 1.165) is 30.4 Å². The first-order valence-electron chi connectivity index (χ1n) is 10.6. The van der Waals surface area contributed by atoms with Gasteiger partial charge in [0.1, 0.15) is 5.75 Å². The summed E-state index contributed by atoms with van der Waals surface area (Å²) in [5.41, 5.74) is 0.969. The molecule has 1 aliphatic rings. The van der Waals surface area contributed by atoms with Gasteiger partial charge in [-0.3, -0.25) is 9.89 Å². The monoisotopic (exact) mass is 446 g/mol. The van der Waals surface area contributed by atoms with Gasteiger partial charge in [0.2, 0.25) is 0 Å². The molecule has 31 heavy (non-hydrogen) atoms. The van der Waals surface area contributed by atoms with Gasteiger partial charge in [-0.2, -0.15) is 0 Å². The fourth-order valence-corrected chi connectivity index (χ4v) is 5.22. The number of aliphatic imine (C=N–C) groups is 1. The molecule has 2 unspecified atom stereocenters. The summed E-state index contributed by atoms with van der Waals surface area (Å²) in [6.07, 6.45) is 2.43. The zero-order chi connectivity index (χ0) is 22.2. The van der Waals surface area contributed by atoms with E-state index in [1.807, 2.05) is 23.5 Å². The lowest BCUT2D eigenvalue weighted by Crippen LogP contribution is -2.44. The first kappa shape index (κ1) is 23.2. The van der Waals surface area contributed by atoms with Crippen molar-refractivity contribution in [2.24, 2.45) is 10.9 Å². The van der Waals surface area contributed by atoms with E-state index >= 15 is 0 Å². The smallest absolute Gasteiger partial charge is 0.191 e. The van der Waals surface area contributed by atoms with Gasteiger partial charge in [0.25, 0.3) is 0 Å². The van der Waals surface area contributed by atoms with Crippen LogP contribution in [0.4, 0.5) is 0 Å². The van der Waals surface area contributed by atoms with Crippen LogP contribution in [0.15, 0.2) is 34.6 Å². The zero-order valence-corrected chi connectivity index (χ0v) is 19.9. The molecule has 0 spiro atoms. The fourth-order valence-electron chi connectivity index (χ4n) is 4.24. The number of likely N-dealkylation sites (tertiary alicyclic amines) is 1. The lowest BCUT2D eigenvalue weighted by atomic mass is 9.88. The van der Waals surface area contributed by atoms with Crippen LogP contribution in [0.3, 0.4) is 0 Å². The fraction of sp³-hybridized carbons (Fsp3) is 0.522. The Morgan fingerprint density at radius 1 is 1.13 bits per heavy atom. The standard InChI is InChI=1S/C23H34N4O3S/c1-24-23(26-15-17-12-19(29-4)20(30-5)13-18(17)28-3)25-14-16-8-6-10-27(2)22(16)21-9-7-11-31-21/h7,9,11-13,16,22H,6,8,10,14-15H2,1-5H3,(H2,24,25,26). The number of nitrogens with zero attached hydrogens (tertiary/aromatic N) is 2. The van der Waals surface area contributed by atoms with Crippen LogP contribution in [0, 0.1) is 5.92 Å². The van der Waals surface area contributed by atoms with Crippen molar-refractivity contribution in [1.29, 1.82) is 0 Å².